The van der Waals surface area contributed by atoms with Crippen LogP contribution in [-0.4, -0.2) is 54.3 Å². The van der Waals surface area contributed by atoms with E-state index in [4.69, 9.17) is 16.3 Å². The summed E-state index contributed by atoms with van der Waals surface area (Å²) < 4.78 is 4.81. The van der Waals surface area contributed by atoms with Gasteiger partial charge in [0.1, 0.15) is 5.15 Å². The lowest BCUT2D eigenvalue weighted by molar-refractivity contribution is 0.0380. The molecule has 1 unspecified atom stereocenters. The van der Waals surface area contributed by atoms with E-state index >= 15 is 0 Å². The van der Waals surface area contributed by atoms with Crippen molar-refractivity contribution in [2.24, 2.45) is 0 Å². The number of rotatable bonds is 5. The van der Waals surface area contributed by atoms with Crippen LogP contribution in [0, 0.1) is 6.92 Å². The van der Waals surface area contributed by atoms with E-state index < -0.39 is 6.10 Å². The van der Waals surface area contributed by atoms with E-state index in [9.17, 15) is 9.90 Å². The summed E-state index contributed by atoms with van der Waals surface area (Å²) in [6.45, 7) is 2.15. The molecule has 1 N–H and O–H groups in total. The number of aromatic nitrogens is 1. The number of hydrogen-bond donors (Lipinski definition) is 1. The molecule has 0 aliphatic rings. The van der Waals surface area contributed by atoms with Crippen LogP contribution in [-0.2, 0) is 4.74 Å². The van der Waals surface area contributed by atoms with Gasteiger partial charge in [0.25, 0.3) is 5.91 Å². The highest BCUT2D eigenvalue weighted by Crippen LogP contribution is 2.12. The number of nitrogens with zero attached hydrogens (tertiary/aromatic N) is 2. The van der Waals surface area contributed by atoms with Crippen molar-refractivity contribution in [3.8, 4) is 0 Å². The SMILES string of the molecule is COCC(O)CN(C)C(=O)c1cc(C)nc(Cl)c1. The maximum atomic E-state index is 12.1. The molecule has 1 atom stereocenters. The lowest BCUT2D eigenvalue weighted by Gasteiger charge is -2.20. The van der Waals surface area contributed by atoms with Crippen molar-refractivity contribution >= 4 is 17.5 Å². The van der Waals surface area contributed by atoms with E-state index in [1.165, 1.54) is 18.1 Å². The van der Waals surface area contributed by atoms with Gasteiger partial charge in [0.2, 0.25) is 0 Å². The molecule has 0 aromatic carbocycles. The molecule has 0 saturated carbocycles. The summed E-state index contributed by atoms with van der Waals surface area (Å²) in [6.07, 6.45) is -0.706. The standard InChI is InChI=1S/C12H17ClN2O3/c1-8-4-9(5-11(13)14-8)12(17)15(2)6-10(16)7-18-3/h4-5,10,16H,6-7H2,1-3H3. The van der Waals surface area contributed by atoms with Crippen LogP contribution in [0.2, 0.25) is 5.15 Å². The zero-order valence-corrected chi connectivity index (χ0v) is 11.4. The van der Waals surface area contributed by atoms with Gasteiger partial charge in [-0.15, -0.1) is 0 Å². The number of carbonyl (C=O) groups excluding carboxylic acids is 1. The fourth-order valence-electron chi connectivity index (χ4n) is 1.62. The molecule has 1 rings (SSSR count). The van der Waals surface area contributed by atoms with Crippen LogP contribution in [0.4, 0.5) is 0 Å². The molecule has 0 fully saturated rings. The third kappa shape index (κ3) is 4.25. The zero-order chi connectivity index (χ0) is 13.7. The average Bonchev–Trinajstić information content (AvgIpc) is 2.26. The second-order valence-electron chi connectivity index (χ2n) is 4.11. The first kappa shape index (κ1) is 14.9. The van der Waals surface area contributed by atoms with E-state index in [0.717, 1.165) is 0 Å². The lowest BCUT2D eigenvalue weighted by Crippen LogP contribution is -2.36. The molecular formula is C12H17ClN2O3. The molecule has 5 nitrogen and oxygen atoms in total. The Bertz CT molecular complexity index is 406. The Morgan fingerprint density at radius 3 is 2.83 bits per heavy atom. The molecule has 0 bridgehead atoms. The number of pyridine rings is 1. The van der Waals surface area contributed by atoms with Gasteiger partial charge in [-0.05, 0) is 19.1 Å². The van der Waals surface area contributed by atoms with Crippen LogP contribution in [0.3, 0.4) is 0 Å². The molecule has 1 aromatic rings. The maximum absolute atomic E-state index is 12.1. The number of methoxy groups -OCH3 is 1. The first-order valence-corrected chi connectivity index (χ1v) is 5.88. The molecule has 0 radical (unpaired) electrons. The number of amides is 1. The number of aliphatic hydroxyl groups is 1. The van der Waals surface area contributed by atoms with E-state index in [1.807, 2.05) is 0 Å². The number of aryl methyl sites for hydroxylation is 1. The van der Waals surface area contributed by atoms with Gasteiger partial charge in [-0.25, -0.2) is 4.98 Å². The van der Waals surface area contributed by atoms with Gasteiger partial charge in [0, 0.05) is 32.0 Å². The second-order valence-corrected chi connectivity index (χ2v) is 4.50. The molecule has 0 aliphatic heterocycles. The Hall–Kier alpha value is -1.17. The number of halogens is 1. The topological polar surface area (TPSA) is 62.7 Å². The van der Waals surface area contributed by atoms with Gasteiger partial charge < -0.3 is 14.7 Å². The van der Waals surface area contributed by atoms with Gasteiger partial charge in [0.15, 0.2) is 0 Å². The zero-order valence-electron chi connectivity index (χ0n) is 10.7. The molecule has 1 aromatic heterocycles. The Labute approximate surface area is 111 Å². The largest absolute Gasteiger partial charge is 0.389 e. The van der Waals surface area contributed by atoms with Gasteiger partial charge in [0.05, 0.1) is 12.7 Å². The third-order valence-corrected chi connectivity index (χ3v) is 2.55. The monoisotopic (exact) mass is 272 g/mol. The van der Waals surface area contributed by atoms with E-state index in [2.05, 4.69) is 4.98 Å². The minimum absolute atomic E-state index is 0.188. The van der Waals surface area contributed by atoms with Gasteiger partial charge in [-0.3, -0.25) is 4.79 Å². The quantitative estimate of drug-likeness (QED) is 0.816. The maximum Gasteiger partial charge on any atom is 0.253 e. The normalized spacial score (nSPS) is 12.3. The van der Waals surface area contributed by atoms with Crippen LogP contribution in [0.5, 0.6) is 0 Å². The Morgan fingerprint density at radius 1 is 1.61 bits per heavy atom. The number of aliphatic hydroxyl groups excluding tert-OH is 1. The Balaban J connectivity index is 2.74. The second kappa shape index (κ2) is 6.68. The van der Waals surface area contributed by atoms with Crippen molar-refractivity contribution in [3.05, 3.63) is 28.5 Å². The third-order valence-electron chi connectivity index (χ3n) is 2.36. The number of carbonyl (C=O) groups is 1. The van der Waals surface area contributed by atoms with Crippen LogP contribution in [0.15, 0.2) is 12.1 Å². The van der Waals surface area contributed by atoms with Crippen LogP contribution >= 0.6 is 11.6 Å². The minimum Gasteiger partial charge on any atom is -0.389 e. The summed E-state index contributed by atoms with van der Waals surface area (Å²) in [5.74, 6) is -0.211. The molecule has 0 aliphatic carbocycles. The summed E-state index contributed by atoms with van der Waals surface area (Å²) >= 11 is 5.80. The highest BCUT2D eigenvalue weighted by Gasteiger charge is 2.16. The van der Waals surface area contributed by atoms with Gasteiger partial charge in [-0.2, -0.15) is 0 Å². The minimum atomic E-state index is -0.706. The fourth-order valence-corrected chi connectivity index (χ4v) is 1.87. The Morgan fingerprint density at radius 2 is 2.28 bits per heavy atom. The lowest BCUT2D eigenvalue weighted by atomic mass is 10.2. The summed E-state index contributed by atoms with van der Waals surface area (Å²) in [6, 6.07) is 3.17. The molecule has 1 heterocycles. The Kier molecular flexibility index (Phi) is 5.53. The first-order valence-electron chi connectivity index (χ1n) is 5.50. The first-order chi connectivity index (χ1) is 8.43. The number of likely N-dealkylation sites (N-methyl/N-ethyl adjacent to an activating group) is 1. The van der Waals surface area contributed by atoms with Crippen molar-refractivity contribution in [2.45, 2.75) is 13.0 Å². The van der Waals surface area contributed by atoms with Crippen LogP contribution in [0.25, 0.3) is 0 Å². The highest BCUT2D eigenvalue weighted by molar-refractivity contribution is 6.29. The van der Waals surface area contributed by atoms with E-state index in [-0.39, 0.29) is 24.2 Å². The molecule has 100 valence electrons. The number of ether oxygens (including phenoxy) is 1. The summed E-state index contributed by atoms with van der Waals surface area (Å²) in [5, 5.41) is 9.85. The van der Waals surface area contributed by atoms with Crippen LogP contribution in [0.1, 0.15) is 16.1 Å². The summed E-state index contributed by atoms with van der Waals surface area (Å²) in [7, 11) is 3.11. The van der Waals surface area contributed by atoms with Gasteiger partial charge in [-0.1, -0.05) is 11.6 Å². The van der Waals surface area contributed by atoms with Crippen molar-refractivity contribution in [1.82, 2.24) is 9.88 Å². The predicted molar refractivity (Wildman–Crippen MR) is 68.8 cm³/mol. The summed E-state index contributed by atoms with van der Waals surface area (Å²) in [4.78, 5) is 17.5. The fraction of sp³-hybridized carbons (Fsp3) is 0.500. The molecule has 1 amide bonds. The van der Waals surface area contributed by atoms with E-state index in [0.29, 0.717) is 11.3 Å². The molecule has 6 heteroatoms. The molecular weight excluding hydrogens is 256 g/mol. The van der Waals surface area contributed by atoms with Gasteiger partial charge >= 0.3 is 0 Å². The molecule has 0 saturated heterocycles. The smallest absolute Gasteiger partial charge is 0.253 e. The van der Waals surface area contributed by atoms with Crippen molar-refractivity contribution in [1.29, 1.82) is 0 Å². The van der Waals surface area contributed by atoms with Crippen LogP contribution < -0.4 is 0 Å². The van der Waals surface area contributed by atoms with Crippen molar-refractivity contribution in [2.75, 3.05) is 27.3 Å². The highest BCUT2D eigenvalue weighted by atomic mass is 35.5. The summed E-state index contributed by atoms with van der Waals surface area (Å²) in [5.41, 5.74) is 1.14. The molecule has 0 spiro atoms. The predicted octanol–water partition coefficient (Wildman–Crippen LogP) is 1.12. The van der Waals surface area contributed by atoms with Crippen molar-refractivity contribution in [3.63, 3.8) is 0 Å². The average molecular weight is 273 g/mol. The molecule has 18 heavy (non-hydrogen) atoms. The van der Waals surface area contributed by atoms with E-state index in [1.54, 1.807) is 20.0 Å². The van der Waals surface area contributed by atoms with Crippen molar-refractivity contribution < 1.29 is 14.6 Å². The number of hydrogen-bond acceptors (Lipinski definition) is 4.